The molecule has 0 N–H and O–H groups in total. The Kier molecular flexibility index (Phi) is 3.70. The molecule has 0 saturated heterocycles. The van der Waals surface area contributed by atoms with Crippen molar-refractivity contribution in [1.82, 2.24) is 0 Å². The van der Waals surface area contributed by atoms with Gasteiger partial charge in [0.05, 0.1) is 0 Å². The molecule has 0 aromatic rings. The maximum Gasteiger partial charge on any atom is 0.269 e. The van der Waals surface area contributed by atoms with Gasteiger partial charge in [0.25, 0.3) is 5.92 Å². The van der Waals surface area contributed by atoms with Gasteiger partial charge in [0.2, 0.25) is 0 Å². The monoisotopic (exact) mass is 162 g/mol. The molecule has 0 nitrogen and oxygen atoms in total. The van der Waals surface area contributed by atoms with E-state index in [1.165, 1.54) is 6.92 Å². The normalized spacial score (nSPS) is 11.5. The minimum Gasteiger partial charge on any atom is -0.202 e. The Balaban J connectivity index is 4.42. The van der Waals surface area contributed by atoms with Crippen LogP contribution in [0.3, 0.4) is 0 Å². The van der Waals surface area contributed by atoms with Gasteiger partial charge in [-0.15, -0.1) is 0 Å². The first kappa shape index (κ1) is 10.6. The van der Waals surface area contributed by atoms with Gasteiger partial charge in [-0.05, 0) is 26.3 Å². The van der Waals surface area contributed by atoms with Gasteiger partial charge in [-0.3, -0.25) is 0 Å². The molecule has 0 radical (unpaired) electrons. The van der Waals surface area contributed by atoms with Crippen molar-refractivity contribution in [2.45, 2.75) is 46.5 Å². The first-order chi connectivity index (χ1) is 4.91. The van der Waals surface area contributed by atoms with Crippen LogP contribution in [0.2, 0.25) is 0 Å². The molecule has 0 aliphatic heterocycles. The molecular formula is C9H16F2. The van der Waals surface area contributed by atoms with Crippen LogP contribution in [0.5, 0.6) is 0 Å². The topological polar surface area (TPSA) is 0 Å². The molecule has 0 atom stereocenters. The number of allylic oxidation sites excluding steroid dienone is 2. The van der Waals surface area contributed by atoms with Crippen LogP contribution >= 0.6 is 0 Å². The standard InChI is InChI=1S/C9H16F2/c1-5-6-9(10,11)8(4)7(2)3/h5-6H2,1-4H3. The van der Waals surface area contributed by atoms with E-state index >= 15 is 0 Å². The fourth-order valence-electron chi connectivity index (χ4n) is 0.867. The van der Waals surface area contributed by atoms with E-state index in [2.05, 4.69) is 0 Å². The van der Waals surface area contributed by atoms with Crippen LogP contribution in [-0.4, -0.2) is 5.92 Å². The molecule has 0 spiro atoms. The van der Waals surface area contributed by atoms with Crippen molar-refractivity contribution in [3.63, 3.8) is 0 Å². The molecule has 0 bridgehead atoms. The summed E-state index contributed by atoms with van der Waals surface area (Å²) in [6.07, 6.45) is 0.488. The number of rotatable bonds is 3. The highest BCUT2D eigenvalue weighted by Crippen LogP contribution is 2.30. The minimum absolute atomic E-state index is 0.0377. The predicted octanol–water partition coefficient (Wildman–Crippen LogP) is 3.78. The first-order valence-corrected chi connectivity index (χ1v) is 3.94. The van der Waals surface area contributed by atoms with Crippen molar-refractivity contribution in [3.05, 3.63) is 11.1 Å². The first-order valence-electron chi connectivity index (χ1n) is 3.94. The third-order valence-electron chi connectivity index (χ3n) is 1.86. The SMILES string of the molecule is CCCC(F)(F)C(C)=C(C)C. The van der Waals surface area contributed by atoms with E-state index in [4.69, 9.17) is 0 Å². The van der Waals surface area contributed by atoms with Crippen molar-refractivity contribution in [3.8, 4) is 0 Å². The second-order valence-electron chi connectivity index (χ2n) is 3.08. The second-order valence-corrected chi connectivity index (χ2v) is 3.08. The Morgan fingerprint density at radius 3 is 1.91 bits per heavy atom. The second kappa shape index (κ2) is 3.84. The summed E-state index contributed by atoms with van der Waals surface area (Å²) in [6, 6.07) is 0. The zero-order valence-electron chi connectivity index (χ0n) is 7.67. The summed E-state index contributed by atoms with van der Waals surface area (Å²) in [5.41, 5.74) is 0.947. The summed E-state index contributed by atoms with van der Waals surface area (Å²) in [4.78, 5) is 0. The van der Waals surface area contributed by atoms with Crippen molar-refractivity contribution in [2.75, 3.05) is 0 Å². The summed E-state index contributed by atoms with van der Waals surface area (Å²) in [5, 5.41) is 0. The van der Waals surface area contributed by atoms with Crippen LogP contribution in [0.15, 0.2) is 11.1 Å². The van der Waals surface area contributed by atoms with Crippen LogP contribution in [0.25, 0.3) is 0 Å². The van der Waals surface area contributed by atoms with Gasteiger partial charge in [-0.1, -0.05) is 18.9 Å². The molecule has 0 aromatic heterocycles. The summed E-state index contributed by atoms with van der Waals surface area (Å²) in [6.45, 7) is 6.72. The van der Waals surface area contributed by atoms with E-state index < -0.39 is 5.92 Å². The largest absolute Gasteiger partial charge is 0.269 e. The quantitative estimate of drug-likeness (QED) is 0.554. The molecule has 0 amide bonds. The van der Waals surface area contributed by atoms with Gasteiger partial charge in [-0.25, -0.2) is 8.78 Å². The van der Waals surface area contributed by atoms with E-state index in [9.17, 15) is 8.78 Å². The highest BCUT2D eigenvalue weighted by Gasteiger charge is 2.30. The number of hydrogen-bond donors (Lipinski definition) is 0. The number of hydrogen-bond acceptors (Lipinski definition) is 0. The average molecular weight is 162 g/mol. The highest BCUT2D eigenvalue weighted by molar-refractivity contribution is 5.15. The van der Waals surface area contributed by atoms with Crippen LogP contribution < -0.4 is 0 Å². The Morgan fingerprint density at radius 2 is 1.64 bits per heavy atom. The van der Waals surface area contributed by atoms with E-state index in [0.717, 1.165) is 5.57 Å². The summed E-state index contributed by atoms with van der Waals surface area (Å²) < 4.78 is 26.0. The lowest BCUT2D eigenvalue weighted by Gasteiger charge is -2.17. The van der Waals surface area contributed by atoms with Gasteiger partial charge in [0, 0.05) is 6.42 Å². The lowest BCUT2D eigenvalue weighted by molar-refractivity contribution is 0.0306. The number of alkyl halides is 2. The zero-order valence-corrected chi connectivity index (χ0v) is 7.67. The Morgan fingerprint density at radius 1 is 1.18 bits per heavy atom. The van der Waals surface area contributed by atoms with Gasteiger partial charge >= 0.3 is 0 Å². The molecule has 0 saturated carbocycles. The lowest BCUT2D eigenvalue weighted by Crippen LogP contribution is -2.17. The third kappa shape index (κ3) is 3.00. The van der Waals surface area contributed by atoms with Crippen molar-refractivity contribution < 1.29 is 8.78 Å². The van der Waals surface area contributed by atoms with E-state index in [1.54, 1.807) is 20.8 Å². The van der Waals surface area contributed by atoms with Crippen LogP contribution in [-0.2, 0) is 0 Å². The van der Waals surface area contributed by atoms with Gasteiger partial charge in [0.15, 0.2) is 0 Å². The van der Waals surface area contributed by atoms with Gasteiger partial charge in [-0.2, -0.15) is 0 Å². The van der Waals surface area contributed by atoms with Crippen molar-refractivity contribution in [2.24, 2.45) is 0 Å². The molecule has 0 heterocycles. The lowest BCUT2D eigenvalue weighted by atomic mass is 10.0. The predicted molar refractivity (Wildman–Crippen MR) is 43.9 cm³/mol. The Hall–Kier alpha value is -0.400. The molecule has 0 rings (SSSR count). The molecule has 0 unspecified atom stereocenters. The van der Waals surface area contributed by atoms with Crippen LogP contribution in [0.1, 0.15) is 40.5 Å². The summed E-state index contributed by atoms with van der Waals surface area (Å²) in [5.74, 6) is -2.59. The van der Waals surface area contributed by atoms with Crippen LogP contribution in [0.4, 0.5) is 8.78 Å². The molecule has 2 heteroatoms. The van der Waals surface area contributed by atoms with Crippen molar-refractivity contribution >= 4 is 0 Å². The fraction of sp³-hybridized carbons (Fsp3) is 0.778. The third-order valence-corrected chi connectivity index (χ3v) is 1.86. The summed E-state index contributed by atoms with van der Waals surface area (Å²) in [7, 11) is 0. The van der Waals surface area contributed by atoms with Crippen LogP contribution in [0, 0.1) is 0 Å². The molecule has 11 heavy (non-hydrogen) atoms. The van der Waals surface area contributed by atoms with Crippen molar-refractivity contribution in [1.29, 1.82) is 0 Å². The zero-order chi connectivity index (χ0) is 9.07. The summed E-state index contributed by atoms with van der Waals surface area (Å²) >= 11 is 0. The molecule has 0 fully saturated rings. The van der Waals surface area contributed by atoms with E-state index in [1.807, 2.05) is 0 Å². The molecule has 0 aromatic carbocycles. The maximum atomic E-state index is 13.0. The van der Waals surface area contributed by atoms with E-state index in [-0.39, 0.29) is 12.0 Å². The minimum atomic E-state index is -2.59. The molecule has 0 aliphatic rings. The Bertz CT molecular complexity index is 153. The fourth-order valence-corrected chi connectivity index (χ4v) is 0.867. The number of halogens is 2. The molecule has 66 valence electrons. The van der Waals surface area contributed by atoms with E-state index in [0.29, 0.717) is 6.42 Å². The average Bonchev–Trinajstić information content (AvgIpc) is 1.86. The smallest absolute Gasteiger partial charge is 0.202 e. The maximum absolute atomic E-state index is 13.0. The van der Waals surface area contributed by atoms with Gasteiger partial charge in [0.1, 0.15) is 0 Å². The Labute approximate surface area is 67.3 Å². The molecule has 0 aliphatic carbocycles. The highest BCUT2D eigenvalue weighted by atomic mass is 19.3. The molecular weight excluding hydrogens is 146 g/mol. The van der Waals surface area contributed by atoms with Gasteiger partial charge < -0.3 is 0 Å².